The van der Waals surface area contributed by atoms with Crippen LogP contribution in [0.4, 0.5) is 0 Å². The third-order valence-corrected chi connectivity index (χ3v) is 5.03. The van der Waals surface area contributed by atoms with Gasteiger partial charge in [-0.25, -0.2) is 14.8 Å². The fraction of sp³-hybridized carbons (Fsp3) is 0.333. The molecule has 0 bridgehead atoms. The van der Waals surface area contributed by atoms with Crippen LogP contribution in [0, 0.1) is 13.8 Å². The fourth-order valence-electron chi connectivity index (χ4n) is 2.91. The molecule has 2 aromatic heterocycles. The van der Waals surface area contributed by atoms with Gasteiger partial charge < -0.3 is 5.11 Å². The largest absolute Gasteiger partial charge is 0.396 e. The first-order valence-corrected chi connectivity index (χ1v) is 9.12. The number of thioether (sulfide) groups is 1. The van der Waals surface area contributed by atoms with Crippen molar-refractivity contribution in [3.8, 4) is 11.4 Å². The van der Waals surface area contributed by atoms with Crippen LogP contribution < -0.4 is 11.2 Å². The Balaban J connectivity index is 2.40. The third kappa shape index (κ3) is 3.17. The average Bonchev–Trinajstić information content (AvgIpc) is 2.61. The van der Waals surface area contributed by atoms with Gasteiger partial charge in [-0.1, -0.05) is 17.2 Å². The van der Waals surface area contributed by atoms with E-state index in [-0.39, 0.29) is 6.61 Å². The molecule has 0 aliphatic rings. The summed E-state index contributed by atoms with van der Waals surface area (Å²) in [6.45, 7) is 3.94. The summed E-state index contributed by atoms with van der Waals surface area (Å²) in [6, 6.07) is 5.99. The second kappa shape index (κ2) is 7.05. The maximum atomic E-state index is 12.6. The van der Waals surface area contributed by atoms with Crippen LogP contribution in [0.25, 0.3) is 22.4 Å². The minimum atomic E-state index is -0.439. The molecule has 3 aromatic rings. The molecule has 7 nitrogen and oxygen atoms in total. The molecule has 0 radical (unpaired) electrons. The van der Waals surface area contributed by atoms with Crippen LogP contribution in [0.5, 0.6) is 0 Å². The van der Waals surface area contributed by atoms with Crippen molar-refractivity contribution in [3.05, 3.63) is 50.2 Å². The van der Waals surface area contributed by atoms with E-state index in [0.29, 0.717) is 27.6 Å². The Labute approximate surface area is 154 Å². The number of aliphatic hydroxyl groups excluding tert-OH is 1. The van der Waals surface area contributed by atoms with Crippen LogP contribution in [0.3, 0.4) is 0 Å². The zero-order valence-corrected chi connectivity index (χ0v) is 15.9. The molecule has 3 rings (SSSR count). The smallest absolute Gasteiger partial charge is 0.332 e. The van der Waals surface area contributed by atoms with Crippen molar-refractivity contribution >= 4 is 22.8 Å². The molecule has 0 amide bonds. The molecule has 0 spiro atoms. The van der Waals surface area contributed by atoms with Crippen LogP contribution in [0.2, 0.25) is 0 Å². The minimum Gasteiger partial charge on any atom is -0.396 e. The molecular weight excluding hydrogens is 352 g/mol. The van der Waals surface area contributed by atoms with Gasteiger partial charge in [0, 0.05) is 25.4 Å². The molecule has 0 aliphatic carbocycles. The van der Waals surface area contributed by atoms with Crippen molar-refractivity contribution < 1.29 is 5.11 Å². The Morgan fingerprint density at radius 2 is 1.69 bits per heavy atom. The number of aliphatic hydroxyl groups is 1. The van der Waals surface area contributed by atoms with Crippen LogP contribution >= 0.6 is 11.8 Å². The summed E-state index contributed by atoms with van der Waals surface area (Å²) < 4.78 is 2.40. The molecule has 0 fully saturated rings. The standard InChI is InChI=1S/C18H20N4O3S/c1-10-7-11(2)9-12(8-10)14-19-15-13(16(20-14)26-6-5-23)17(24)22(4)18(25)21(15)3/h7-9,23H,5-6H2,1-4H3. The highest BCUT2D eigenvalue weighted by Gasteiger charge is 2.18. The molecule has 0 atom stereocenters. The maximum absolute atomic E-state index is 12.6. The monoisotopic (exact) mass is 372 g/mol. The lowest BCUT2D eigenvalue weighted by Crippen LogP contribution is -2.37. The van der Waals surface area contributed by atoms with E-state index in [1.165, 1.54) is 23.4 Å². The highest BCUT2D eigenvalue weighted by Crippen LogP contribution is 2.26. The van der Waals surface area contributed by atoms with Crippen molar-refractivity contribution in [2.75, 3.05) is 12.4 Å². The quantitative estimate of drug-likeness (QED) is 0.550. The van der Waals surface area contributed by atoms with E-state index in [4.69, 9.17) is 0 Å². The lowest BCUT2D eigenvalue weighted by Gasteiger charge is -2.12. The Morgan fingerprint density at radius 3 is 2.31 bits per heavy atom. The van der Waals surface area contributed by atoms with E-state index in [1.807, 2.05) is 26.0 Å². The van der Waals surface area contributed by atoms with E-state index < -0.39 is 11.2 Å². The molecule has 1 N–H and O–H groups in total. The van der Waals surface area contributed by atoms with E-state index in [1.54, 1.807) is 7.05 Å². The zero-order valence-electron chi connectivity index (χ0n) is 15.1. The zero-order chi connectivity index (χ0) is 19.0. The molecule has 0 unspecified atom stereocenters. The number of aromatic nitrogens is 4. The van der Waals surface area contributed by atoms with E-state index in [2.05, 4.69) is 16.0 Å². The van der Waals surface area contributed by atoms with Gasteiger partial charge in [-0.3, -0.25) is 13.9 Å². The molecule has 136 valence electrons. The molecule has 0 saturated carbocycles. The third-order valence-electron chi connectivity index (χ3n) is 4.08. The average molecular weight is 372 g/mol. The van der Waals surface area contributed by atoms with Gasteiger partial charge in [-0.05, 0) is 26.0 Å². The normalized spacial score (nSPS) is 11.3. The topological polar surface area (TPSA) is 90.0 Å². The van der Waals surface area contributed by atoms with Crippen LogP contribution in [0.1, 0.15) is 11.1 Å². The van der Waals surface area contributed by atoms with Gasteiger partial charge >= 0.3 is 5.69 Å². The number of aryl methyl sites for hydroxylation is 3. The highest BCUT2D eigenvalue weighted by atomic mass is 32.2. The first-order chi connectivity index (χ1) is 12.3. The van der Waals surface area contributed by atoms with Gasteiger partial charge in [-0.15, -0.1) is 11.8 Å². The predicted octanol–water partition coefficient (Wildman–Crippen LogP) is 1.40. The number of hydrogen-bond acceptors (Lipinski definition) is 6. The van der Waals surface area contributed by atoms with Crippen LogP contribution in [-0.4, -0.2) is 36.6 Å². The van der Waals surface area contributed by atoms with Crippen LogP contribution in [-0.2, 0) is 14.1 Å². The lowest BCUT2D eigenvalue weighted by atomic mass is 10.1. The summed E-state index contributed by atoms with van der Waals surface area (Å²) in [7, 11) is 3.02. The van der Waals surface area contributed by atoms with Gasteiger partial charge in [0.2, 0.25) is 0 Å². The molecular formula is C18H20N4O3S. The fourth-order valence-corrected chi connectivity index (χ4v) is 3.67. The summed E-state index contributed by atoms with van der Waals surface area (Å²) in [5.74, 6) is 0.845. The van der Waals surface area contributed by atoms with Gasteiger partial charge in [0.1, 0.15) is 10.4 Å². The summed E-state index contributed by atoms with van der Waals surface area (Å²) >= 11 is 1.27. The minimum absolute atomic E-state index is 0.0405. The second-order valence-corrected chi connectivity index (χ2v) is 7.29. The lowest BCUT2D eigenvalue weighted by molar-refractivity contribution is 0.322. The Bertz CT molecular complexity index is 1100. The molecule has 1 aromatic carbocycles. The number of hydrogen-bond donors (Lipinski definition) is 1. The highest BCUT2D eigenvalue weighted by molar-refractivity contribution is 7.99. The number of rotatable bonds is 4. The summed E-state index contributed by atoms with van der Waals surface area (Å²) in [6.07, 6.45) is 0. The first-order valence-electron chi connectivity index (χ1n) is 8.13. The Hall–Kier alpha value is -2.45. The Kier molecular flexibility index (Phi) is 4.97. The number of fused-ring (bicyclic) bond motifs is 1. The van der Waals surface area contributed by atoms with Crippen molar-refractivity contribution in [1.29, 1.82) is 0 Å². The van der Waals surface area contributed by atoms with Gasteiger partial charge in [0.15, 0.2) is 11.5 Å². The van der Waals surface area contributed by atoms with E-state index in [9.17, 15) is 14.7 Å². The first kappa shape index (κ1) is 18.3. The predicted molar refractivity (Wildman–Crippen MR) is 103 cm³/mol. The molecule has 8 heteroatoms. The second-order valence-electron chi connectivity index (χ2n) is 6.21. The van der Waals surface area contributed by atoms with Crippen molar-refractivity contribution in [1.82, 2.24) is 19.1 Å². The van der Waals surface area contributed by atoms with E-state index >= 15 is 0 Å². The molecule has 2 heterocycles. The number of nitrogens with zero attached hydrogens (tertiary/aromatic N) is 4. The maximum Gasteiger partial charge on any atom is 0.332 e. The number of benzene rings is 1. The van der Waals surface area contributed by atoms with Crippen molar-refractivity contribution in [2.24, 2.45) is 14.1 Å². The molecule has 0 saturated heterocycles. The Morgan fingerprint density at radius 1 is 1.04 bits per heavy atom. The summed E-state index contributed by atoms with van der Waals surface area (Å²) in [5, 5.41) is 9.94. The van der Waals surface area contributed by atoms with Crippen molar-refractivity contribution in [2.45, 2.75) is 18.9 Å². The van der Waals surface area contributed by atoms with Gasteiger partial charge in [-0.2, -0.15) is 0 Å². The van der Waals surface area contributed by atoms with Crippen LogP contribution in [0.15, 0.2) is 32.8 Å². The molecule has 26 heavy (non-hydrogen) atoms. The van der Waals surface area contributed by atoms with Gasteiger partial charge in [0.25, 0.3) is 5.56 Å². The van der Waals surface area contributed by atoms with E-state index in [0.717, 1.165) is 21.3 Å². The SMILES string of the molecule is Cc1cc(C)cc(-c2nc(SCCO)c3c(=O)n(C)c(=O)n(C)c3n2)c1. The summed E-state index contributed by atoms with van der Waals surface area (Å²) in [4.78, 5) is 34.0. The summed E-state index contributed by atoms with van der Waals surface area (Å²) in [5.41, 5.74) is 2.39. The van der Waals surface area contributed by atoms with Gasteiger partial charge in [0.05, 0.1) is 6.61 Å². The molecule has 0 aliphatic heterocycles. The van der Waals surface area contributed by atoms with Crippen molar-refractivity contribution in [3.63, 3.8) is 0 Å².